The molecule has 2 N–H and O–H groups in total. The highest BCUT2D eigenvalue weighted by atomic mass is 32.1. The Balaban J connectivity index is 1.45. The molecule has 1 fully saturated rings. The van der Waals surface area contributed by atoms with Gasteiger partial charge in [-0.2, -0.15) is 0 Å². The standard InChI is InChI=1S/C14H20N2OS/c17-14(16-10-4-5-10)6-8-15-12-2-1-3-13-11(12)7-9-18-13/h7,9-10,12,15H,1-6,8H2,(H,16,17). The summed E-state index contributed by atoms with van der Waals surface area (Å²) >= 11 is 1.87. The Morgan fingerprint density at radius 3 is 3.11 bits per heavy atom. The monoisotopic (exact) mass is 264 g/mol. The highest BCUT2D eigenvalue weighted by molar-refractivity contribution is 7.10. The van der Waals surface area contributed by atoms with Crippen molar-refractivity contribution in [2.24, 2.45) is 0 Å². The second-order valence-corrected chi connectivity index (χ2v) is 6.29. The first kappa shape index (κ1) is 12.2. The lowest BCUT2D eigenvalue weighted by Crippen LogP contribution is -2.31. The highest BCUT2D eigenvalue weighted by Gasteiger charge is 2.23. The number of hydrogen-bond donors (Lipinski definition) is 2. The molecule has 0 bridgehead atoms. The number of amides is 1. The van der Waals surface area contributed by atoms with Crippen LogP contribution in [0.15, 0.2) is 11.4 Å². The maximum absolute atomic E-state index is 11.6. The lowest BCUT2D eigenvalue weighted by atomic mass is 9.94. The van der Waals surface area contributed by atoms with Crippen molar-refractivity contribution in [3.63, 3.8) is 0 Å². The van der Waals surface area contributed by atoms with Crippen LogP contribution in [0.25, 0.3) is 0 Å². The number of rotatable bonds is 5. The summed E-state index contributed by atoms with van der Waals surface area (Å²) in [6.45, 7) is 0.790. The molecule has 0 saturated heterocycles. The van der Waals surface area contributed by atoms with Crippen molar-refractivity contribution in [2.45, 2.75) is 50.6 Å². The average Bonchev–Trinajstić information content (AvgIpc) is 3.04. The minimum atomic E-state index is 0.200. The summed E-state index contributed by atoms with van der Waals surface area (Å²) in [5, 5.41) is 8.75. The zero-order valence-electron chi connectivity index (χ0n) is 10.6. The molecule has 1 atom stereocenters. The molecule has 1 amide bonds. The fourth-order valence-corrected chi connectivity index (χ4v) is 3.57. The first-order valence-corrected chi connectivity index (χ1v) is 7.80. The topological polar surface area (TPSA) is 41.1 Å². The number of carbonyl (C=O) groups is 1. The Morgan fingerprint density at radius 1 is 1.39 bits per heavy atom. The van der Waals surface area contributed by atoms with E-state index in [2.05, 4.69) is 22.1 Å². The lowest BCUT2D eigenvalue weighted by Gasteiger charge is -2.23. The van der Waals surface area contributed by atoms with Crippen LogP contribution in [0, 0.1) is 0 Å². The van der Waals surface area contributed by atoms with Crippen molar-refractivity contribution in [1.29, 1.82) is 0 Å². The Kier molecular flexibility index (Phi) is 3.66. The van der Waals surface area contributed by atoms with Gasteiger partial charge in [-0.15, -0.1) is 11.3 Å². The molecule has 0 radical (unpaired) electrons. The highest BCUT2D eigenvalue weighted by Crippen LogP contribution is 2.33. The maximum Gasteiger partial charge on any atom is 0.221 e. The second-order valence-electron chi connectivity index (χ2n) is 5.29. The molecule has 98 valence electrons. The van der Waals surface area contributed by atoms with Crippen LogP contribution in [-0.2, 0) is 11.2 Å². The van der Waals surface area contributed by atoms with Gasteiger partial charge in [0.1, 0.15) is 0 Å². The zero-order valence-corrected chi connectivity index (χ0v) is 11.4. The van der Waals surface area contributed by atoms with E-state index in [9.17, 15) is 4.79 Å². The summed E-state index contributed by atoms with van der Waals surface area (Å²) in [4.78, 5) is 13.1. The normalized spacial score (nSPS) is 22.6. The van der Waals surface area contributed by atoms with Crippen LogP contribution in [-0.4, -0.2) is 18.5 Å². The van der Waals surface area contributed by atoms with Gasteiger partial charge >= 0.3 is 0 Å². The summed E-state index contributed by atoms with van der Waals surface area (Å²) < 4.78 is 0. The minimum Gasteiger partial charge on any atom is -0.353 e. The molecule has 2 aliphatic carbocycles. The van der Waals surface area contributed by atoms with E-state index >= 15 is 0 Å². The van der Waals surface area contributed by atoms with Crippen molar-refractivity contribution in [3.8, 4) is 0 Å². The van der Waals surface area contributed by atoms with Gasteiger partial charge in [0.05, 0.1) is 0 Å². The number of aryl methyl sites for hydroxylation is 1. The summed E-state index contributed by atoms with van der Waals surface area (Å²) in [6.07, 6.45) is 6.63. The molecule has 3 rings (SSSR count). The van der Waals surface area contributed by atoms with Crippen molar-refractivity contribution in [2.75, 3.05) is 6.54 Å². The van der Waals surface area contributed by atoms with Crippen molar-refractivity contribution >= 4 is 17.2 Å². The SMILES string of the molecule is O=C(CCNC1CCCc2sccc21)NC1CC1. The molecule has 1 aromatic heterocycles. The number of fused-ring (bicyclic) bond motifs is 1. The Morgan fingerprint density at radius 2 is 2.28 bits per heavy atom. The summed E-state index contributed by atoms with van der Waals surface area (Å²) in [7, 11) is 0. The predicted octanol–water partition coefficient (Wildman–Crippen LogP) is 2.38. The molecule has 1 heterocycles. The lowest BCUT2D eigenvalue weighted by molar-refractivity contribution is -0.121. The Bertz CT molecular complexity index is 425. The van der Waals surface area contributed by atoms with Crippen LogP contribution in [0.1, 0.15) is 48.6 Å². The first-order valence-electron chi connectivity index (χ1n) is 6.92. The third kappa shape index (κ3) is 2.93. The quantitative estimate of drug-likeness (QED) is 0.857. The van der Waals surface area contributed by atoms with Gasteiger partial charge in [-0.25, -0.2) is 0 Å². The van der Waals surface area contributed by atoms with Gasteiger partial charge in [0.2, 0.25) is 5.91 Å². The molecule has 0 aliphatic heterocycles. The van der Waals surface area contributed by atoms with E-state index in [-0.39, 0.29) is 5.91 Å². The molecule has 1 saturated carbocycles. The van der Waals surface area contributed by atoms with Crippen molar-refractivity contribution < 1.29 is 4.79 Å². The van der Waals surface area contributed by atoms with E-state index < -0.39 is 0 Å². The minimum absolute atomic E-state index is 0.200. The molecule has 2 aliphatic rings. The maximum atomic E-state index is 11.6. The predicted molar refractivity (Wildman–Crippen MR) is 73.8 cm³/mol. The van der Waals surface area contributed by atoms with Crippen LogP contribution < -0.4 is 10.6 Å². The average molecular weight is 264 g/mol. The Labute approximate surface area is 112 Å². The number of hydrogen-bond acceptors (Lipinski definition) is 3. The van der Waals surface area contributed by atoms with Crippen LogP contribution in [0.2, 0.25) is 0 Å². The van der Waals surface area contributed by atoms with E-state index in [1.165, 1.54) is 42.5 Å². The van der Waals surface area contributed by atoms with E-state index in [4.69, 9.17) is 0 Å². The fourth-order valence-electron chi connectivity index (χ4n) is 2.59. The second kappa shape index (κ2) is 5.41. The number of carbonyl (C=O) groups excluding carboxylic acids is 1. The molecule has 1 aromatic rings. The van der Waals surface area contributed by atoms with Gasteiger partial charge in [-0.05, 0) is 49.1 Å². The molecular formula is C14H20N2OS. The van der Waals surface area contributed by atoms with Crippen molar-refractivity contribution in [3.05, 3.63) is 21.9 Å². The smallest absolute Gasteiger partial charge is 0.221 e. The van der Waals surface area contributed by atoms with Gasteiger partial charge in [-0.1, -0.05) is 0 Å². The first-order chi connectivity index (χ1) is 8.83. The van der Waals surface area contributed by atoms with E-state index in [1.54, 1.807) is 0 Å². The van der Waals surface area contributed by atoms with Gasteiger partial charge in [0.25, 0.3) is 0 Å². The fraction of sp³-hybridized carbons (Fsp3) is 0.643. The molecule has 1 unspecified atom stereocenters. The molecule has 0 aromatic carbocycles. The van der Waals surface area contributed by atoms with Gasteiger partial charge in [0, 0.05) is 29.9 Å². The number of thiophene rings is 1. The van der Waals surface area contributed by atoms with E-state index in [0.717, 1.165) is 6.54 Å². The van der Waals surface area contributed by atoms with Crippen LogP contribution >= 0.6 is 11.3 Å². The summed E-state index contributed by atoms with van der Waals surface area (Å²) in [5.41, 5.74) is 1.47. The van der Waals surface area contributed by atoms with Crippen LogP contribution in [0.3, 0.4) is 0 Å². The summed E-state index contributed by atoms with van der Waals surface area (Å²) in [5.74, 6) is 0.200. The van der Waals surface area contributed by atoms with Gasteiger partial charge in [0.15, 0.2) is 0 Å². The Hall–Kier alpha value is -0.870. The van der Waals surface area contributed by atoms with Crippen LogP contribution in [0.4, 0.5) is 0 Å². The zero-order chi connectivity index (χ0) is 12.4. The van der Waals surface area contributed by atoms with Gasteiger partial charge in [-0.3, -0.25) is 4.79 Å². The van der Waals surface area contributed by atoms with Crippen LogP contribution in [0.5, 0.6) is 0 Å². The third-order valence-corrected chi connectivity index (χ3v) is 4.73. The molecule has 4 heteroatoms. The molecule has 3 nitrogen and oxygen atoms in total. The largest absolute Gasteiger partial charge is 0.353 e. The number of nitrogens with one attached hydrogen (secondary N) is 2. The summed E-state index contributed by atoms with van der Waals surface area (Å²) in [6, 6.07) is 3.19. The van der Waals surface area contributed by atoms with E-state index in [1.807, 2.05) is 11.3 Å². The third-order valence-electron chi connectivity index (χ3n) is 3.74. The molecular weight excluding hydrogens is 244 g/mol. The molecule has 0 spiro atoms. The molecule has 18 heavy (non-hydrogen) atoms. The van der Waals surface area contributed by atoms with Crippen molar-refractivity contribution in [1.82, 2.24) is 10.6 Å². The van der Waals surface area contributed by atoms with E-state index in [0.29, 0.717) is 18.5 Å². The van der Waals surface area contributed by atoms with Gasteiger partial charge < -0.3 is 10.6 Å².